The zero-order valence-corrected chi connectivity index (χ0v) is 12.0. The molecule has 0 aromatic carbocycles. The Hall–Kier alpha value is -1.00. The van der Waals surface area contributed by atoms with Crippen molar-refractivity contribution < 1.29 is 4.74 Å². The molecule has 0 aromatic rings. The Bertz CT molecular complexity index is 313. The SMILES string of the molecule is C#CC(C)(CC/C=C(/C)CCC=C(C)C)OC. The van der Waals surface area contributed by atoms with Crippen molar-refractivity contribution in [2.45, 2.75) is 59.0 Å². The van der Waals surface area contributed by atoms with Gasteiger partial charge in [0.1, 0.15) is 5.60 Å². The Labute approximate surface area is 107 Å². The fraction of sp³-hybridized carbons (Fsp3) is 0.625. The maximum atomic E-state index is 5.44. The lowest BCUT2D eigenvalue weighted by Gasteiger charge is -2.20. The van der Waals surface area contributed by atoms with Crippen LogP contribution in [0.3, 0.4) is 0 Å². The third-order valence-corrected chi connectivity index (χ3v) is 2.96. The van der Waals surface area contributed by atoms with Crippen LogP contribution in [0.1, 0.15) is 53.4 Å². The minimum Gasteiger partial charge on any atom is -0.366 e. The molecule has 0 aliphatic carbocycles. The molecule has 0 spiro atoms. The predicted octanol–water partition coefficient (Wildman–Crippen LogP) is 4.50. The minimum atomic E-state index is -0.420. The molecule has 0 saturated carbocycles. The van der Waals surface area contributed by atoms with E-state index in [9.17, 15) is 0 Å². The fourth-order valence-corrected chi connectivity index (χ4v) is 1.52. The summed E-state index contributed by atoms with van der Waals surface area (Å²) in [4.78, 5) is 0. The zero-order chi connectivity index (χ0) is 13.3. The van der Waals surface area contributed by atoms with Crippen molar-refractivity contribution in [1.29, 1.82) is 0 Å². The van der Waals surface area contributed by atoms with E-state index in [0.717, 1.165) is 25.7 Å². The maximum Gasteiger partial charge on any atom is 0.125 e. The second-order valence-corrected chi connectivity index (χ2v) is 4.99. The van der Waals surface area contributed by atoms with Gasteiger partial charge in [-0.25, -0.2) is 0 Å². The van der Waals surface area contributed by atoms with E-state index in [-0.39, 0.29) is 0 Å². The molecule has 0 aliphatic heterocycles. The van der Waals surface area contributed by atoms with Gasteiger partial charge >= 0.3 is 0 Å². The average Bonchev–Trinajstić information content (AvgIpc) is 2.28. The van der Waals surface area contributed by atoms with Gasteiger partial charge in [-0.05, 0) is 53.4 Å². The molecule has 0 radical (unpaired) electrons. The number of ether oxygens (including phenoxy) is 1. The van der Waals surface area contributed by atoms with Crippen LogP contribution in [0.2, 0.25) is 0 Å². The molecule has 1 unspecified atom stereocenters. The summed E-state index contributed by atoms with van der Waals surface area (Å²) in [7, 11) is 1.67. The minimum absolute atomic E-state index is 0.420. The molecule has 1 nitrogen and oxygen atoms in total. The summed E-state index contributed by atoms with van der Waals surface area (Å²) in [5.74, 6) is 2.70. The molecule has 17 heavy (non-hydrogen) atoms. The number of hydrogen-bond acceptors (Lipinski definition) is 1. The van der Waals surface area contributed by atoms with Gasteiger partial charge in [-0.3, -0.25) is 0 Å². The molecule has 1 heteroatoms. The second kappa shape index (κ2) is 8.14. The van der Waals surface area contributed by atoms with Crippen molar-refractivity contribution in [1.82, 2.24) is 0 Å². The lowest BCUT2D eigenvalue weighted by molar-refractivity contribution is 0.0509. The van der Waals surface area contributed by atoms with Crippen LogP contribution >= 0.6 is 0 Å². The van der Waals surface area contributed by atoms with Crippen molar-refractivity contribution in [3.63, 3.8) is 0 Å². The molecule has 0 heterocycles. The van der Waals surface area contributed by atoms with E-state index >= 15 is 0 Å². The van der Waals surface area contributed by atoms with Crippen LogP contribution in [0.5, 0.6) is 0 Å². The Morgan fingerprint density at radius 1 is 1.24 bits per heavy atom. The molecule has 0 amide bonds. The van der Waals surface area contributed by atoms with E-state index in [0.29, 0.717) is 0 Å². The highest BCUT2D eigenvalue weighted by Crippen LogP contribution is 2.17. The van der Waals surface area contributed by atoms with Crippen LogP contribution in [-0.2, 0) is 4.74 Å². The van der Waals surface area contributed by atoms with Gasteiger partial charge in [-0.1, -0.05) is 29.2 Å². The molecule has 0 aromatic heterocycles. The Morgan fingerprint density at radius 2 is 1.88 bits per heavy atom. The van der Waals surface area contributed by atoms with E-state index in [1.165, 1.54) is 11.1 Å². The normalized spacial score (nSPS) is 14.9. The molecule has 0 aliphatic rings. The first-order valence-corrected chi connectivity index (χ1v) is 6.25. The summed E-state index contributed by atoms with van der Waals surface area (Å²) in [5, 5.41) is 0. The summed E-state index contributed by atoms with van der Waals surface area (Å²) in [6.07, 6.45) is 14.1. The molecule has 0 bridgehead atoms. The van der Waals surface area contributed by atoms with Crippen LogP contribution in [0.25, 0.3) is 0 Å². The van der Waals surface area contributed by atoms with Crippen LogP contribution < -0.4 is 0 Å². The zero-order valence-electron chi connectivity index (χ0n) is 12.0. The van der Waals surface area contributed by atoms with Crippen LogP contribution in [-0.4, -0.2) is 12.7 Å². The highest BCUT2D eigenvalue weighted by Gasteiger charge is 2.18. The monoisotopic (exact) mass is 234 g/mol. The predicted molar refractivity (Wildman–Crippen MR) is 75.9 cm³/mol. The van der Waals surface area contributed by atoms with Gasteiger partial charge in [0, 0.05) is 7.11 Å². The number of rotatable bonds is 7. The largest absolute Gasteiger partial charge is 0.366 e. The van der Waals surface area contributed by atoms with Gasteiger partial charge in [-0.2, -0.15) is 0 Å². The summed E-state index contributed by atoms with van der Waals surface area (Å²) >= 11 is 0. The van der Waals surface area contributed by atoms with E-state index < -0.39 is 5.60 Å². The number of methoxy groups -OCH3 is 1. The molecular formula is C16H26O. The summed E-state index contributed by atoms with van der Waals surface area (Å²) in [6.45, 7) is 8.41. The third kappa shape index (κ3) is 7.82. The number of terminal acetylenes is 1. The van der Waals surface area contributed by atoms with Gasteiger partial charge in [0.2, 0.25) is 0 Å². The van der Waals surface area contributed by atoms with E-state index in [2.05, 4.69) is 38.8 Å². The van der Waals surface area contributed by atoms with Crippen molar-refractivity contribution in [2.24, 2.45) is 0 Å². The summed E-state index contributed by atoms with van der Waals surface area (Å²) < 4.78 is 5.31. The lowest BCUT2D eigenvalue weighted by Crippen LogP contribution is -2.24. The Morgan fingerprint density at radius 3 is 2.35 bits per heavy atom. The molecule has 1 atom stereocenters. The fourth-order valence-electron chi connectivity index (χ4n) is 1.52. The highest BCUT2D eigenvalue weighted by atomic mass is 16.5. The second-order valence-electron chi connectivity index (χ2n) is 4.99. The van der Waals surface area contributed by atoms with E-state index in [1.54, 1.807) is 7.11 Å². The molecule has 0 fully saturated rings. The van der Waals surface area contributed by atoms with Gasteiger partial charge in [-0.15, -0.1) is 6.42 Å². The summed E-state index contributed by atoms with van der Waals surface area (Å²) in [6, 6.07) is 0. The van der Waals surface area contributed by atoms with Crippen LogP contribution in [0.4, 0.5) is 0 Å². The Balaban J connectivity index is 4.01. The highest BCUT2D eigenvalue weighted by molar-refractivity contribution is 5.08. The average molecular weight is 234 g/mol. The van der Waals surface area contributed by atoms with Crippen LogP contribution in [0, 0.1) is 12.3 Å². The molecule has 96 valence electrons. The lowest BCUT2D eigenvalue weighted by atomic mass is 9.99. The van der Waals surface area contributed by atoms with Crippen molar-refractivity contribution in [2.75, 3.05) is 7.11 Å². The van der Waals surface area contributed by atoms with Gasteiger partial charge < -0.3 is 4.74 Å². The Kier molecular flexibility index (Phi) is 7.66. The first-order valence-electron chi connectivity index (χ1n) is 6.25. The molecule has 0 rings (SSSR count). The smallest absolute Gasteiger partial charge is 0.125 e. The third-order valence-electron chi connectivity index (χ3n) is 2.96. The van der Waals surface area contributed by atoms with Gasteiger partial charge in [0.05, 0.1) is 0 Å². The first kappa shape index (κ1) is 16.0. The van der Waals surface area contributed by atoms with Gasteiger partial charge in [0.25, 0.3) is 0 Å². The number of hydrogen-bond donors (Lipinski definition) is 0. The van der Waals surface area contributed by atoms with Crippen molar-refractivity contribution in [3.05, 3.63) is 23.3 Å². The van der Waals surface area contributed by atoms with E-state index in [4.69, 9.17) is 11.2 Å². The van der Waals surface area contributed by atoms with Gasteiger partial charge in [0.15, 0.2) is 0 Å². The molecular weight excluding hydrogens is 208 g/mol. The van der Waals surface area contributed by atoms with Crippen LogP contribution in [0.15, 0.2) is 23.3 Å². The number of allylic oxidation sites excluding steroid dienone is 4. The van der Waals surface area contributed by atoms with E-state index in [1.807, 2.05) is 6.92 Å². The maximum absolute atomic E-state index is 5.44. The molecule has 0 saturated heterocycles. The van der Waals surface area contributed by atoms with Crippen molar-refractivity contribution >= 4 is 0 Å². The quantitative estimate of drug-likeness (QED) is 0.465. The molecule has 0 N–H and O–H groups in total. The first-order chi connectivity index (χ1) is 7.93. The van der Waals surface area contributed by atoms with Crippen molar-refractivity contribution in [3.8, 4) is 12.3 Å². The standard InChI is InChI=1S/C16H26O/c1-7-16(5,17-6)13-9-12-15(4)11-8-10-14(2)3/h1,10,12H,8-9,11,13H2,2-6H3/b15-12-. The summed E-state index contributed by atoms with van der Waals surface area (Å²) in [5.41, 5.74) is 2.39. The topological polar surface area (TPSA) is 9.23 Å².